The molecule has 1 heterocycles. The van der Waals surface area contributed by atoms with Crippen LogP contribution in [-0.2, 0) is 4.79 Å². The van der Waals surface area contributed by atoms with Gasteiger partial charge in [0.25, 0.3) is 5.91 Å². The molecule has 1 unspecified atom stereocenters. The highest BCUT2D eigenvalue weighted by atomic mass is 35.5. The van der Waals surface area contributed by atoms with Gasteiger partial charge in [-0.2, -0.15) is 5.10 Å². The minimum atomic E-state index is -0.731. The van der Waals surface area contributed by atoms with Crippen molar-refractivity contribution in [3.8, 4) is 22.6 Å². The van der Waals surface area contributed by atoms with E-state index in [0.29, 0.717) is 28.6 Å². The molecule has 0 bridgehead atoms. The van der Waals surface area contributed by atoms with Crippen LogP contribution in [-0.4, -0.2) is 41.6 Å². The molecule has 0 saturated carbocycles. The van der Waals surface area contributed by atoms with Crippen LogP contribution in [0, 0.1) is 0 Å². The van der Waals surface area contributed by atoms with Gasteiger partial charge in [-0.15, -0.1) is 11.6 Å². The van der Waals surface area contributed by atoms with Gasteiger partial charge in [0.15, 0.2) is 5.82 Å². The molecule has 4 aromatic rings. The molecule has 1 aromatic heterocycles. The molecule has 0 aliphatic carbocycles. The van der Waals surface area contributed by atoms with Crippen molar-refractivity contribution in [2.75, 3.05) is 24.9 Å². The summed E-state index contributed by atoms with van der Waals surface area (Å²) in [5, 5.41) is 12.7. The summed E-state index contributed by atoms with van der Waals surface area (Å²) in [5.41, 5.74) is 3.24. The second kappa shape index (κ2) is 9.84. The minimum Gasteiger partial charge on any atom is -0.497 e. The molecule has 2 amide bonds. The molecule has 8 nitrogen and oxygen atoms in total. The monoisotopic (exact) mass is 478 g/mol. The number of fused-ring (bicyclic) bond motifs is 1. The van der Waals surface area contributed by atoms with E-state index in [9.17, 15) is 9.59 Å². The molecule has 3 aromatic carbocycles. The number of aromatic amines is 1. The van der Waals surface area contributed by atoms with Crippen molar-refractivity contribution in [1.82, 2.24) is 10.2 Å². The van der Waals surface area contributed by atoms with Crippen LogP contribution < -0.4 is 20.1 Å². The number of carbonyl (C=O) groups is 2. The Morgan fingerprint density at radius 1 is 0.941 bits per heavy atom. The Morgan fingerprint density at radius 3 is 2.32 bits per heavy atom. The zero-order valence-corrected chi connectivity index (χ0v) is 19.6. The molecule has 0 spiro atoms. The third kappa shape index (κ3) is 4.82. The maximum atomic E-state index is 13.0. The Balaban J connectivity index is 1.61. The quantitative estimate of drug-likeness (QED) is 0.322. The number of para-hydroxylation sites is 1. The minimum absolute atomic E-state index is 0.296. The standard InChI is InChI=1S/C25H23ClN4O4/c1-14(26)24(31)27-21-7-5-4-6-20(21)25(32)28-23-19-9-8-15(12-22(19)29-30-23)16-10-17(33-2)13-18(11-16)34-3/h4-14H,1-3H3,(H,27,31)(H2,28,29,30,32). The first-order chi connectivity index (χ1) is 16.4. The number of rotatable bonds is 7. The van der Waals surface area contributed by atoms with Gasteiger partial charge in [0.1, 0.15) is 16.9 Å². The predicted molar refractivity (Wildman–Crippen MR) is 133 cm³/mol. The van der Waals surface area contributed by atoms with Crippen molar-refractivity contribution < 1.29 is 19.1 Å². The van der Waals surface area contributed by atoms with Crippen molar-refractivity contribution in [2.45, 2.75) is 12.3 Å². The molecule has 0 aliphatic heterocycles. The number of alkyl halides is 1. The number of amides is 2. The molecule has 0 aliphatic rings. The number of aromatic nitrogens is 2. The summed E-state index contributed by atoms with van der Waals surface area (Å²) in [5.74, 6) is 0.936. The Labute approximate surface area is 201 Å². The highest BCUT2D eigenvalue weighted by molar-refractivity contribution is 6.32. The maximum Gasteiger partial charge on any atom is 0.258 e. The third-order valence-corrected chi connectivity index (χ3v) is 5.47. The van der Waals surface area contributed by atoms with Crippen LogP contribution in [0.4, 0.5) is 11.5 Å². The first kappa shape index (κ1) is 23.1. The van der Waals surface area contributed by atoms with E-state index in [0.717, 1.165) is 22.0 Å². The number of H-pyrrole nitrogens is 1. The Bertz CT molecular complexity index is 1340. The van der Waals surface area contributed by atoms with Gasteiger partial charge >= 0.3 is 0 Å². The summed E-state index contributed by atoms with van der Waals surface area (Å²) in [6.45, 7) is 1.56. The van der Waals surface area contributed by atoms with Crippen LogP contribution in [0.2, 0.25) is 0 Å². The van der Waals surface area contributed by atoms with Crippen molar-refractivity contribution in [2.24, 2.45) is 0 Å². The van der Waals surface area contributed by atoms with E-state index in [2.05, 4.69) is 20.8 Å². The van der Waals surface area contributed by atoms with Crippen molar-refractivity contribution >= 4 is 45.8 Å². The van der Waals surface area contributed by atoms with E-state index in [1.54, 1.807) is 51.5 Å². The second-order valence-electron chi connectivity index (χ2n) is 7.54. The van der Waals surface area contributed by atoms with Gasteiger partial charge in [-0.05, 0) is 54.4 Å². The molecule has 0 saturated heterocycles. The maximum absolute atomic E-state index is 13.0. The van der Waals surface area contributed by atoms with Gasteiger partial charge in [0, 0.05) is 11.5 Å². The van der Waals surface area contributed by atoms with Gasteiger partial charge in [-0.1, -0.05) is 18.2 Å². The summed E-state index contributed by atoms with van der Waals surface area (Å²) >= 11 is 5.84. The number of ether oxygens (including phenoxy) is 2. The summed E-state index contributed by atoms with van der Waals surface area (Å²) in [6.07, 6.45) is 0. The molecule has 0 fully saturated rings. The molecular weight excluding hydrogens is 456 g/mol. The van der Waals surface area contributed by atoms with E-state index >= 15 is 0 Å². The van der Waals surface area contributed by atoms with Gasteiger partial charge in [0.05, 0.1) is 31.0 Å². The molecule has 4 rings (SSSR count). The Morgan fingerprint density at radius 2 is 1.65 bits per heavy atom. The molecular formula is C25H23ClN4O4. The number of nitrogens with zero attached hydrogens (tertiary/aromatic N) is 1. The third-order valence-electron chi connectivity index (χ3n) is 5.27. The summed E-state index contributed by atoms with van der Waals surface area (Å²) < 4.78 is 10.7. The second-order valence-corrected chi connectivity index (χ2v) is 8.19. The predicted octanol–water partition coefficient (Wildman–Crippen LogP) is 5.07. The lowest BCUT2D eigenvalue weighted by Crippen LogP contribution is -2.23. The summed E-state index contributed by atoms with van der Waals surface area (Å²) in [7, 11) is 3.21. The number of methoxy groups -OCH3 is 2. The first-order valence-electron chi connectivity index (χ1n) is 10.5. The smallest absolute Gasteiger partial charge is 0.258 e. The highest BCUT2D eigenvalue weighted by Crippen LogP contribution is 2.32. The topological polar surface area (TPSA) is 105 Å². The lowest BCUT2D eigenvalue weighted by Gasteiger charge is -2.11. The van der Waals surface area contributed by atoms with Gasteiger partial charge in [-0.25, -0.2) is 0 Å². The number of anilines is 2. The zero-order valence-electron chi connectivity index (χ0n) is 18.8. The number of hydrogen-bond donors (Lipinski definition) is 3. The fraction of sp³-hybridized carbons (Fsp3) is 0.160. The molecule has 0 radical (unpaired) electrons. The first-order valence-corrected chi connectivity index (χ1v) is 10.9. The number of nitrogens with one attached hydrogen (secondary N) is 3. The van der Waals surface area contributed by atoms with Crippen molar-refractivity contribution in [1.29, 1.82) is 0 Å². The van der Waals surface area contributed by atoms with E-state index in [4.69, 9.17) is 21.1 Å². The molecule has 34 heavy (non-hydrogen) atoms. The van der Waals surface area contributed by atoms with E-state index in [1.807, 2.05) is 30.3 Å². The summed E-state index contributed by atoms with van der Waals surface area (Å²) in [4.78, 5) is 25.0. The highest BCUT2D eigenvalue weighted by Gasteiger charge is 2.18. The Kier molecular flexibility index (Phi) is 6.70. The average molecular weight is 479 g/mol. The van der Waals surface area contributed by atoms with Crippen LogP contribution in [0.5, 0.6) is 11.5 Å². The molecule has 9 heteroatoms. The van der Waals surface area contributed by atoms with Gasteiger partial charge in [0.2, 0.25) is 5.91 Å². The zero-order chi connectivity index (χ0) is 24.2. The number of hydrogen-bond acceptors (Lipinski definition) is 5. The number of carbonyl (C=O) groups excluding carboxylic acids is 2. The van der Waals surface area contributed by atoms with Crippen LogP contribution in [0.15, 0.2) is 60.7 Å². The van der Waals surface area contributed by atoms with Crippen LogP contribution in [0.3, 0.4) is 0 Å². The normalized spacial score (nSPS) is 11.6. The fourth-order valence-electron chi connectivity index (χ4n) is 3.47. The number of halogens is 1. The number of benzene rings is 3. The largest absolute Gasteiger partial charge is 0.497 e. The molecule has 174 valence electrons. The lowest BCUT2D eigenvalue weighted by molar-refractivity contribution is -0.115. The van der Waals surface area contributed by atoms with Crippen LogP contribution >= 0.6 is 11.6 Å². The van der Waals surface area contributed by atoms with Crippen molar-refractivity contribution in [3.63, 3.8) is 0 Å². The lowest BCUT2D eigenvalue weighted by atomic mass is 10.0. The van der Waals surface area contributed by atoms with Crippen LogP contribution in [0.1, 0.15) is 17.3 Å². The van der Waals surface area contributed by atoms with E-state index < -0.39 is 17.2 Å². The van der Waals surface area contributed by atoms with Crippen molar-refractivity contribution in [3.05, 3.63) is 66.2 Å². The van der Waals surface area contributed by atoms with Gasteiger partial charge < -0.3 is 20.1 Å². The SMILES string of the molecule is COc1cc(OC)cc(-c2ccc3c(NC(=O)c4ccccc4NC(=O)C(C)Cl)n[nH]c3c2)c1. The van der Waals surface area contributed by atoms with Crippen LogP contribution in [0.25, 0.3) is 22.0 Å². The molecule has 3 N–H and O–H groups in total. The fourth-order valence-corrected chi connectivity index (χ4v) is 3.52. The average Bonchev–Trinajstić information content (AvgIpc) is 3.25. The Hall–Kier alpha value is -4.04. The summed E-state index contributed by atoms with van der Waals surface area (Å²) in [6, 6.07) is 18.1. The molecule has 1 atom stereocenters. The van der Waals surface area contributed by atoms with E-state index in [1.165, 1.54) is 0 Å². The van der Waals surface area contributed by atoms with E-state index in [-0.39, 0.29) is 0 Å². The van der Waals surface area contributed by atoms with Gasteiger partial charge in [-0.3, -0.25) is 14.7 Å².